The van der Waals surface area contributed by atoms with Crippen LogP contribution in [-0.2, 0) is 0 Å². The third kappa shape index (κ3) is 5.43. The topological polar surface area (TPSA) is 49.8 Å². The Labute approximate surface area is 125 Å². The molecule has 5 heteroatoms. The molecule has 0 fully saturated rings. The molecule has 4 nitrogen and oxygen atoms in total. The van der Waals surface area contributed by atoms with E-state index in [2.05, 4.69) is 25.1 Å². The van der Waals surface area contributed by atoms with Crippen molar-refractivity contribution in [2.24, 2.45) is 0 Å². The number of benzene rings is 1. The van der Waals surface area contributed by atoms with Crippen molar-refractivity contribution >= 4 is 17.7 Å². The van der Waals surface area contributed by atoms with Crippen LogP contribution in [0.3, 0.4) is 0 Å². The van der Waals surface area contributed by atoms with Crippen molar-refractivity contribution in [2.75, 3.05) is 32.2 Å². The number of carboxylic acid groups (broad SMARTS) is 1. The fraction of sp³-hybridized carbons (Fsp3) is 0.533. The predicted octanol–water partition coefficient (Wildman–Crippen LogP) is 2.84. The second-order valence-electron chi connectivity index (χ2n) is 4.68. The Kier molecular flexibility index (Phi) is 7.47. The molecule has 0 amide bonds. The van der Waals surface area contributed by atoms with E-state index in [-0.39, 0.29) is 5.56 Å². The molecule has 1 atom stereocenters. The van der Waals surface area contributed by atoms with Crippen molar-refractivity contribution in [1.29, 1.82) is 0 Å². The standard InChI is InChI=1S/C15H23NO3S/c1-4-13(11-20-3)16(2)8-9-19-14-7-5-6-12(10-14)15(17)18/h5-7,10,13H,4,8-9,11H2,1-3H3,(H,17,18). The van der Waals surface area contributed by atoms with Gasteiger partial charge in [0.1, 0.15) is 12.4 Å². The second kappa shape index (κ2) is 8.87. The maximum Gasteiger partial charge on any atom is 0.335 e. The van der Waals surface area contributed by atoms with Gasteiger partial charge in [0.15, 0.2) is 0 Å². The van der Waals surface area contributed by atoms with Crippen molar-refractivity contribution in [3.05, 3.63) is 29.8 Å². The van der Waals surface area contributed by atoms with Crippen molar-refractivity contribution < 1.29 is 14.6 Å². The number of carboxylic acids is 1. The van der Waals surface area contributed by atoms with Crippen LogP contribution in [0.2, 0.25) is 0 Å². The fourth-order valence-corrected chi connectivity index (χ4v) is 2.83. The molecule has 0 aromatic heterocycles. The highest BCUT2D eigenvalue weighted by Crippen LogP contribution is 2.14. The summed E-state index contributed by atoms with van der Waals surface area (Å²) in [7, 11) is 2.10. The summed E-state index contributed by atoms with van der Waals surface area (Å²) >= 11 is 1.85. The molecule has 0 aliphatic heterocycles. The van der Waals surface area contributed by atoms with Gasteiger partial charge in [-0.1, -0.05) is 13.0 Å². The van der Waals surface area contributed by atoms with Crippen LogP contribution in [0.4, 0.5) is 0 Å². The summed E-state index contributed by atoms with van der Waals surface area (Å²) in [5, 5.41) is 8.92. The van der Waals surface area contributed by atoms with Gasteiger partial charge in [-0.05, 0) is 37.9 Å². The summed E-state index contributed by atoms with van der Waals surface area (Å²) in [6.07, 6.45) is 3.23. The summed E-state index contributed by atoms with van der Waals surface area (Å²) < 4.78 is 5.63. The molecule has 0 saturated heterocycles. The number of carbonyl (C=O) groups is 1. The molecule has 1 unspecified atom stereocenters. The quantitative estimate of drug-likeness (QED) is 0.759. The molecule has 0 spiro atoms. The molecule has 1 aromatic rings. The van der Waals surface area contributed by atoms with Gasteiger partial charge >= 0.3 is 5.97 Å². The largest absolute Gasteiger partial charge is 0.492 e. The van der Waals surface area contributed by atoms with Crippen LogP contribution in [0.1, 0.15) is 23.7 Å². The first-order valence-electron chi connectivity index (χ1n) is 6.73. The highest BCUT2D eigenvalue weighted by Gasteiger charge is 2.11. The van der Waals surface area contributed by atoms with Gasteiger partial charge in [0, 0.05) is 18.3 Å². The molecule has 1 N–H and O–H groups in total. The zero-order valence-corrected chi connectivity index (χ0v) is 13.2. The van der Waals surface area contributed by atoms with Crippen LogP contribution in [0, 0.1) is 0 Å². The van der Waals surface area contributed by atoms with Gasteiger partial charge in [0.25, 0.3) is 0 Å². The summed E-state index contributed by atoms with van der Waals surface area (Å²) in [6.45, 7) is 3.58. The van der Waals surface area contributed by atoms with Crippen LogP contribution < -0.4 is 4.74 Å². The van der Waals surface area contributed by atoms with Crippen molar-refractivity contribution in [3.8, 4) is 5.75 Å². The zero-order valence-electron chi connectivity index (χ0n) is 12.3. The first-order chi connectivity index (χ1) is 9.58. The molecular formula is C15H23NO3S. The van der Waals surface area contributed by atoms with E-state index in [0.29, 0.717) is 18.4 Å². The molecule has 112 valence electrons. The average molecular weight is 297 g/mol. The van der Waals surface area contributed by atoms with Gasteiger partial charge in [-0.3, -0.25) is 4.90 Å². The first-order valence-corrected chi connectivity index (χ1v) is 8.13. The van der Waals surface area contributed by atoms with Crippen molar-refractivity contribution in [3.63, 3.8) is 0 Å². The van der Waals surface area contributed by atoms with Gasteiger partial charge in [-0.25, -0.2) is 4.79 Å². The molecule has 20 heavy (non-hydrogen) atoms. The lowest BCUT2D eigenvalue weighted by atomic mass is 10.2. The van der Waals surface area contributed by atoms with E-state index in [4.69, 9.17) is 9.84 Å². The molecule has 1 rings (SSSR count). The van der Waals surface area contributed by atoms with E-state index in [1.165, 1.54) is 0 Å². The third-order valence-corrected chi connectivity index (χ3v) is 3.97. The van der Waals surface area contributed by atoms with Crippen LogP contribution in [-0.4, -0.2) is 54.2 Å². The smallest absolute Gasteiger partial charge is 0.335 e. The summed E-state index contributed by atoms with van der Waals surface area (Å²) in [6, 6.07) is 7.16. The number of aromatic carboxylic acids is 1. The maximum absolute atomic E-state index is 10.9. The Morgan fingerprint density at radius 2 is 2.25 bits per heavy atom. The Morgan fingerprint density at radius 3 is 2.85 bits per heavy atom. The molecule has 0 radical (unpaired) electrons. The second-order valence-corrected chi connectivity index (χ2v) is 5.59. The summed E-state index contributed by atoms with van der Waals surface area (Å²) in [5.74, 6) is 0.788. The van der Waals surface area contributed by atoms with Gasteiger partial charge in [-0.2, -0.15) is 11.8 Å². The Hall–Kier alpha value is -1.20. The number of hydrogen-bond acceptors (Lipinski definition) is 4. The minimum Gasteiger partial charge on any atom is -0.492 e. The van der Waals surface area contributed by atoms with Gasteiger partial charge < -0.3 is 9.84 Å². The first kappa shape index (κ1) is 16.9. The van der Waals surface area contributed by atoms with Crippen LogP contribution >= 0.6 is 11.8 Å². The van der Waals surface area contributed by atoms with Gasteiger partial charge in [-0.15, -0.1) is 0 Å². The molecule has 0 saturated carbocycles. The normalized spacial score (nSPS) is 12.4. The lowest BCUT2D eigenvalue weighted by Crippen LogP contribution is -2.36. The van der Waals surface area contributed by atoms with Crippen LogP contribution in [0.5, 0.6) is 5.75 Å². The van der Waals surface area contributed by atoms with Crippen LogP contribution in [0.15, 0.2) is 24.3 Å². The summed E-state index contributed by atoms with van der Waals surface area (Å²) in [5.41, 5.74) is 0.254. The maximum atomic E-state index is 10.9. The van der Waals surface area contributed by atoms with Gasteiger partial charge in [0.2, 0.25) is 0 Å². The predicted molar refractivity (Wildman–Crippen MR) is 84.0 cm³/mol. The fourth-order valence-electron chi connectivity index (χ4n) is 1.96. The number of hydrogen-bond donors (Lipinski definition) is 1. The van der Waals surface area contributed by atoms with E-state index in [9.17, 15) is 4.79 Å². The molecular weight excluding hydrogens is 274 g/mol. The number of likely N-dealkylation sites (N-methyl/N-ethyl adjacent to an activating group) is 1. The SMILES string of the molecule is CCC(CSC)N(C)CCOc1cccc(C(=O)O)c1. The molecule has 0 aliphatic carbocycles. The van der Waals surface area contributed by atoms with Crippen molar-refractivity contribution in [1.82, 2.24) is 4.90 Å². The van der Waals surface area contributed by atoms with Gasteiger partial charge in [0.05, 0.1) is 5.56 Å². The number of thioether (sulfide) groups is 1. The Morgan fingerprint density at radius 1 is 1.50 bits per heavy atom. The Bertz CT molecular complexity index is 425. The number of ether oxygens (including phenoxy) is 1. The molecule has 0 bridgehead atoms. The zero-order chi connectivity index (χ0) is 15.0. The van der Waals surface area contributed by atoms with E-state index in [0.717, 1.165) is 18.7 Å². The van der Waals surface area contributed by atoms with E-state index in [1.54, 1.807) is 24.3 Å². The van der Waals surface area contributed by atoms with E-state index >= 15 is 0 Å². The summed E-state index contributed by atoms with van der Waals surface area (Å²) in [4.78, 5) is 13.2. The van der Waals surface area contributed by atoms with E-state index in [1.807, 2.05) is 11.8 Å². The van der Waals surface area contributed by atoms with E-state index < -0.39 is 5.97 Å². The number of nitrogens with zero attached hydrogens (tertiary/aromatic N) is 1. The highest BCUT2D eigenvalue weighted by atomic mass is 32.2. The van der Waals surface area contributed by atoms with Crippen LogP contribution in [0.25, 0.3) is 0 Å². The highest BCUT2D eigenvalue weighted by molar-refractivity contribution is 7.98. The average Bonchev–Trinajstić information content (AvgIpc) is 2.44. The molecule has 0 heterocycles. The molecule has 1 aromatic carbocycles. The lowest BCUT2D eigenvalue weighted by Gasteiger charge is -2.26. The number of rotatable bonds is 9. The Balaban J connectivity index is 2.43. The third-order valence-electron chi connectivity index (χ3n) is 3.25. The molecule has 0 aliphatic rings. The minimum atomic E-state index is -0.932. The van der Waals surface area contributed by atoms with Crippen molar-refractivity contribution in [2.45, 2.75) is 19.4 Å². The monoisotopic (exact) mass is 297 g/mol. The minimum absolute atomic E-state index is 0.254. The lowest BCUT2D eigenvalue weighted by molar-refractivity contribution is 0.0696.